The van der Waals surface area contributed by atoms with Gasteiger partial charge in [0.1, 0.15) is 0 Å². The molecular formula is C24H27N. The lowest BCUT2D eigenvalue weighted by atomic mass is 9.89. The molecule has 1 heterocycles. The minimum atomic E-state index is 1.15. The Morgan fingerprint density at radius 2 is 1.44 bits per heavy atom. The smallest absolute Gasteiger partial charge is 0.0488 e. The summed E-state index contributed by atoms with van der Waals surface area (Å²) in [5.41, 5.74) is 7.38. The zero-order valence-electron chi connectivity index (χ0n) is 15.7. The molecule has 0 fully saturated rings. The van der Waals surface area contributed by atoms with Crippen LogP contribution in [0.3, 0.4) is 0 Å². The van der Waals surface area contributed by atoms with Crippen LogP contribution in [-0.2, 0) is 0 Å². The maximum atomic E-state index is 3.83. The third-order valence-corrected chi connectivity index (χ3v) is 4.09. The van der Waals surface area contributed by atoms with Gasteiger partial charge >= 0.3 is 0 Å². The molecule has 1 heteroatoms. The molecule has 0 aliphatic carbocycles. The van der Waals surface area contributed by atoms with E-state index in [-0.39, 0.29) is 0 Å². The van der Waals surface area contributed by atoms with Gasteiger partial charge in [0.15, 0.2) is 0 Å². The van der Waals surface area contributed by atoms with E-state index in [4.69, 9.17) is 0 Å². The normalized spacial score (nSPS) is 12.9. The Morgan fingerprint density at radius 1 is 0.920 bits per heavy atom. The second-order valence-corrected chi connectivity index (χ2v) is 5.55. The fraction of sp³-hybridized carbons (Fsp3) is 0.167. The lowest BCUT2D eigenvalue weighted by molar-refractivity contribution is 1.17. The summed E-state index contributed by atoms with van der Waals surface area (Å²) >= 11 is 0. The fourth-order valence-corrected chi connectivity index (χ4v) is 3.07. The van der Waals surface area contributed by atoms with E-state index in [0.29, 0.717) is 0 Å². The number of hydrogen-bond donors (Lipinski definition) is 0. The minimum Gasteiger partial charge on any atom is -0.344 e. The second kappa shape index (κ2) is 8.89. The Hall–Kier alpha value is -2.80. The van der Waals surface area contributed by atoms with Crippen LogP contribution in [0.4, 0.5) is 11.4 Å². The molecule has 1 aliphatic heterocycles. The van der Waals surface area contributed by atoms with Crippen molar-refractivity contribution in [2.24, 2.45) is 0 Å². The van der Waals surface area contributed by atoms with Crippen LogP contribution in [0.2, 0.25) is 0 Å². The summed E-state index contributed by atoms with van der Waals surface area (Å²) in [4.78, 5) is 2.26. The minimum absolute atomic E-state index is 1.15. The largest absolute Gasteiger partial charge is 0.344 e. The Balaban J connectivity index is 0.00000109. The Kier molecular flexibility index (Phi) is 6.59. The van der Waals surface area contributed by atoms with E-state index in [9.17, 15) is 0 Å². The predicted octanol–water partition coefficient (Wildman–Crippen LogP) is 6.91. The van der Waals surface area contributed by atoms with Gasteiger partial charge in [-0.3, -0.25) is 0 Å². The number of fused-ring (bicyclic) bond motifs is 2. The van der Waals surface area contributed by atoms with E-state index in [2.05, 4.69) is 85.3 Å². The third-order valence-electron chi connectivity index (χ3n) is 4.09. The molecule has 0 N–H and O–H groups in total. The zero-order chi connectivity index (χ0) is 18.2. The van der Waals surface area contributed by atoms with E-state index in [1.165, 1.54) is 28.1 Å². The number of anilines is 2. The van der Waals surface area contributed by atoms with E-state index >= 15 is 0 Å². The van der Waals surface area contributed by atoms with Crippen LogP contribution in [-0.4, -0.2) is 7.05 Å². The summed E-state index contributed by atoms with van der Waals surface area (Å²) in [6.07, 6.45) is 10.3. The predicted molar refractivity (Wildman–Crippen MR) is 112 cm³/mol. The molecule has 1 nitrogen and oxygen atoms in total. The molecule has 2 aromatic rings. The molecule has 3 rings (SSSR count). The first kappa shape index (κ1) is 18.5. The van der Waals surface area contributed by atoms with E-state index in [0.717, 1.165) is 5.57 Å². The molecule has 0 amide bonds. The van der Waals surface area contributed by atoms with Gasteiger partial charge in [0.25, 0.3) is 0 Å². The molecule has 0 saturated carbocycles. The summed E-state index contributed by atoms with van der Waals surface area (Å²) in [5, 5.41) is 0. The fourth-order valence-electron chi connectivity index (χ4n) is 3.07. The van der Waals surface area contributed by atoms with Gasteiger partial charge in [-0.15, -0.1) is 0 Å². The highest BCUT2D eigenvalue weighted by atomic mass is 15.1. The van der Waals surface area contributed by atoms with Crippen LogP contribution in [0, 0.1) is 0 Å². The lowest BCUT2D eigenvalue weighted by Crippen LogP contribution is -2.17. The molecule has 128 valence electrons. The number of benzene rings is 2. The highest BCUT2D eigenvalue weighted by Gasteiger charge is 2.23. The van der Waals surface area contributed by atoms with Crippen molar-refractivity contribution in [1.82, 2.24) is 0 Å². The van der Waals surface area contributed by atoms with Crippen LogP contribution in [0.1, 0.15) is 31.9 Å². The molecule has 0 aromatic heterocycles. The van der Waals surface area contributed by atoms with Crippen molar-refractivity contribution < 1.29 is 0 Å². The molecule has 0 unspecified atom stereocenters. The molecule has 0 radical (unpaired) electrons. The van der Waals surface area contributed by atoms with Crippen molar-refractivity contribution in [1.29, 1.82) is 0 Å². The van der Waals surface area contributed by atoms with E-state index in [1.54, 1.807) is 0 Å². The molecule has 1 aliphatic rings. The van der Waals surface area contributed by atoms with Gasteiger partial charge < -0.3 is 4.90 Å². The van der Waals surface area contributed by atoms with Crippen molar-refractivity contribution >= 4 is 16.9 Å². The van der Waals surface area contributed by atoms with Gasteiger partial charge in [0.2, 0.25) is 0 Å². The van der Waals surface area contributed by atoms with Crippen LogP contribution in [0.15, 0.2) is 91.1 Å². The average molecular weight is 329 g/mol. The molecule has 0 bridgehead atoms. The van der Waals surface area contributed by atoms with Crippen molar-refractivity contribution in [2.45, 2.75) is 20.8 Å². The molecule has 0 spiro atoms. The van der Waals surface area contributed by atoms with Gasteiger partial charge in [0.05, 0.1) is 0 Å². The number of para-hydroxylation sites is 2. The Bertz CT molecular complexity index is 772. The quantitative estimate of drug-likeness (QED) is 0.553. The molecule has 2 aromatic carbocycles. The van der Waals surface area contributed by atoms with Gasteiger partial charge in [-0.05, 0) is 36.3 Å². The van der Waals surface area contributed by atoms with Gasteiger partial charge in [-0.1, -0.05) is 81.1 Å². The van der Waals surface area contributed by atoms with E-state index < -0.39 is 0 Å². The van der Waals surface area contributed by atoms with Gasteiger partial charge in [0, 0.05) is 29.5 Å². The van der Waals surface area contributed by atoms with Crippen LogP contribution in [0.5, 0.6) is 0 Å². The molecule has 0 atom stereocenters. The zero-order valence-corrected chi connectivity index (χ0v) is 15.7. The van der Waals surface area contributed by atoms with Crippen molar-refractivity contribution in [3.63, 3.8) is 0 Å². The highest BCUT2D eigenvalue weighted by molar-refractivity contribution is 5.98. The van der Waals surface area contributed by atoms with E-state index in [1.807, 2.05) is 32.9 Å². The number of hydrogen-bond acceptors (Lipinski definition) is 1. The monoisotopic (exact) mass is 329 g/mol. The van der Waals surface area contributed by atoms with Gasteiger partial charge in [-0.2, -0.15) is 0 Å². The summed E-state index contributed by atoms with van der Waals surface area (Å²) in [6.45, 7) is 9.86. The molecular weight excluding hydrogens is 302 g/mol. The second-order valence-electron chi connectivity index (χ2n) is 5.55. The topological polar surface area (TPSA) is 3.24 Å². The summed E-state index contributed by atoms with van der Waals surface area (Å²) < 4.78 is 0. The van der Waals surface area contributed by atoms with Crippen LogP contribution >= 0.6 is 0 Å². The Morgan fingerprint density at radius 3 is 1.92 bits per heavy atom. The lowest BCUT2D eigenvalue weighted by Gasteiger charge is -2.31. The first-order chi connectivity index (χ1) is 12.3. The third kappa shape index (κ3) is 3.83. The number of rotatable bonds is 3. The maximum Gasteiger partial charge on any atom is 0.0488 e. The van der Waals surface area contributed by atoms with Crippen molar-refractivity contribution in [2.75, 3.05) is 11.9 Å². The number of allylic oxidation sites excluding steroid dienone is 6. The highest BCUT2D eigenvalue weighted by Crippen LogP contribution is 2.44. The standard InChI is InChI=1S/C22H21N.C2H6/c1-4-10-17(11-5-2)16-20-18-12-6-8-14-21(18)23(3)22-15-9-7-13-19(20)22;1-2/h4-16H,1H2,2-3H3;1-2H3/b11-5-,17-10+;. The van der Waals surface area contributed by atoms with Gasteiger partial charge in [-0.25, -0.2) is 0 Å². The maximum absolute atomic E-state index is 3.83. The first-order valence-electron chi connectivity index (χ1n) is 8.86. The number of nitrogens with zero attached hydrogens (tertiary/aromatic N) is 1. The SMILES string of the molecule is C=C/C=C(C=C1c2ccccc2N(C)c2ccccc21)\C=C/C.CC. The summed E-state index contributed by atoms with van der Waals surface area (Å²) in [5.74, 6) is 0. The molecule has 0 saturated heterocycles. The first-order valence-corrected chi connectivity index (χ1v) is 8.86. The summed E-state index contributed by atoms with van der Waals surface area (Å²) in [7, 11) is 2.13. The van der Waals surface area contributed by atoms with Crippen molar-refractivity contribution in [3.05, 3.63) is 102 Å². The van der Waals surface area contributed by atoms with Crippen LogP contribution < -0.4 is 4.90 Å². The van der Waals surface area contributed by atoms with Crippen LogP contribution in [0.25, 0.3) is 5.57 Å². The average Bonchev–Trinajstić information content (AvgIpc) is 2.67. The van der Waals surface area contributed by atoms with Crippen molar-refractivity contribution in [3.8, 4) is 0 Å². The Labute approximate surface area is 152 Å². The molecule has 25 heavy (non-hydrogen) atoms. The summed E-state index contributed by atoms with van der Waals surface area (Å²) in [6, 6.07) is 17.1.